The monoisotopic (exact) mass is 1240 g/mol. The molecule has 0 spiro atoms. The molecule has 0 radical (unpaired) electrons. The van der Waals surface area contributed by atoms with Gasteiger partial charge in [-0.1, -0.05) is 294 Å². The van der Waals surface area contributed by atoms with Crippen LogP contribution in [0.5, 0.6) is 0 Å². The first-order valence-electron chi connectivity index (χ1n) is 35.2. The minimum atomic E-state index is -4.65. The van der Waals surface area contributed by atoms with Gasteiger partial charge in [-0.3, -0.25) is 14.2 Å². The van der Waals surface area contributed by atoms with Crippen LogP contribution in [0.4, 0.5) is 0 Å². The van der Waals surface area contributed by atoms with Gasteiger partial charge >= 0.3 is 11.9 Å². The molecular formula is C78H130NO8P. The number of carbonyl (C=O) groups is 2. The molecule has 2 atom stereocenters. The number of likely N-dealkylation sites (N-methyl/N-ethyl adjacent to an activating group) is 1. The van der Waals surface area contributed by atoms with Gasteiger partial charge in [0.25, 0.3) is 7.82 Å². The largest absolute Gasteiger partial charge is 0.756 e. The van der Waals surface area contributed by atoms with Crippen LogP contribution < -0.4 is 4.89 Å². The van der Waals surface area contributed by atoms with Crippen molar-refractivity contribution in [3.05, 3.63) is 158 Å². The molecule has 0 saturated carbocycles. The van der Waals surface area contributed by atoms with Gasteiger partial charge in [0.15, 0.2) is 6.10 Å². The summed E-state index contributed by atoms with van der Waals surface area (Å²) < 4.78 is 34.3. The smallest absolute Gasteiger partial charge is 0.306 e. The predicted octanol–water partition coefficient (Wildman–Crippen LogP) is 22.5. The number of phosphoric acid groups is 1. The van der Waals surface area contributed by atoms with E-state index in [1.807, 2.05) is 21.1 Å². The Morgan fingerprint density at radius 1 is 0.352 bits per heavy atom. The van der Waals surface area contributed by atoms with Gasteiger partial charge in [0.05, 0.1) is 27.7 Å². The second kappa shape index (κ2) is 67.0. The number of allylic oxidation sites excluding steroid dienone is 26. The van der Waals surface area contributed by atoms with Crippen molar-refractivity contribution >= 4 is 19.8 Å². The SMILES string of the molecule is CC/C=C\C/C=C\C/C=C\C/C=C\C/C=C\C/C=C\C/C=C\CCCCCCCCCCCCCCCC(=O)OC(COC(=O)CCCCCCCCCCCC/C=C\C/C=C\C/C=C\C/C=C\C/C=C\C/C=C\CC)COP(=O)([O-])OCC[N+](C)(C)C. The van der Waals surface area contributed by atoms with E-state index in [2.05, 4.69) is 172 Å². The first kappa shape index (κ1) is 83.6. The molecule has 0 aromatic carbocycles. The molecule has 0 aromatic rings. The minimum Gasteiger partial charge on any atom is -0.756 e. The highest BCUT2D eigenvalue weighted by atomic mass is 31.2. The van der Waals surface area contributed by atoms with E-state index in [0.717, 1.165) is 135 Å². The first-order chi connectivity index (χ1) is 43.0. The van der Waals surface area contributed by atoms with Crippen molar-refractivity contribution in [2.75, 3.05) is 47.5 Å². The fourth-order valence-corrected chi connectivity index (χ4v) is 9.96. The maximum absolute atomic E-state index is 12.9. The molecule has 0 saturated heterocycles. The van der Waals surface area contributed by atoms with Gasteiger partial charge in [-0.05, 0) is 122 Å². The van der Waals surface area contributed by atoms with Crippen molar-refractivity contribution in [3.63, 3.8) is 0 Å². The Morgan fingerprint density at radius 3 is 0.909 bits per heavy atom. The molecule has 0 heterocycles. The number of rotatable bonds is 63. The topological polar surface area (TPSA) is 111 Å². The lowest BCUT2D eigenvalue weighted by molar-refractivity contribution is -0.870. The molecule has 88 heavy (non-hydrogen) atoms. The summed E-state index contributed by atoms with van der Waals surface area (Å²) in [6.07, 6.45) is 100. The highest BCUT2D eigenvalue weighted by Crippen LogP contribution is 2.38. The highest BCUT2D eigenvalue weighted by molar-refractivity contribution is 7.45. The van der Waals surface area contributed by atoms with Crippen molar-refractivity contribution in [2.24, 2.45) is 0 Å². The molecule has 0 aromatic heterocycles. The summed E-state index contributed by atoms with van der Waals surface area (Å²) in [5.74, 6) is -0.844. The second-order valence-corrected chi connectivity index (χ2v) is 25.5. The van der Waals surface area contributed by atoms with Crippen molar-refractivity contribution in [1.29, 1.82) is 0 Å². The Kier molecular flexibility index (Phi) is 63.7. The van der Waals surface area contributed by atoms with Crippen LogP contribution in [0.15, 0.2) is 158 Å². The molecule has 0 aliphatic rings. The van der Waals surface area contributed by atoms with E-state index in [-0.39, 0.29) is 26.1 Å². The molecule has 0 rings (SSSR count). The fourth-order valence-electron chi connectivity index (χ4n) is 9.23. The summed E-state index contributed by atoms with van der Waals surface area (Å²) in [4.78, 5) is 38.1. The Bertz CT molecular complexity index is 2040. The number of carbonyl (C=O) groups excluding carboxylic acids is 2. The number of phosphoric ester groups is 1. The van der Waals surface area contributed by atoms with Crippen molar-refractivity contribution < 1.29 is 42.1 Å². The quantitative estimate of drug-likeness (QED) is 0.0195. The van der Waals surface area contributed by atoms with E-state index < -0.39 is 32.5 Å². The van der Waals surface area contributed by atoms with E-state index in [4.69, 9.17) is 18.5 Å². The Morgan fingerprint density at radius 2 is 0.614 bits per heavy atom. The summed E-state index contributed by atoms with van der Waals surface area (Å²) in [5, 5.41) is 0. The van der Waals surface area contributed by atoms with E-state index in [1.165, 1.54) is 103 Å². The molecule has 0 amide bonds. The number of ether oxygens (including phenoxy) is 2. The number of nitrogens with zero attached hydrogens (tertiary/aromatic N) is 1. The average molecular weight is 1240 g/mol. The maximum Gasteiger partial charge on any atom is 0.306 e. The number of quaternary nitrogens is 1. The van der Waals surface area contributed by atoms with Gasteiger partial charge in [0, 0.05) is 12.8 Å². The lowest BCUT2D eigenvalue weighted by Crippen LogP contribution is -2.37. The Hall–Kier alpha value is -4.37. The fraction of sp³-hybridized carbons (Fsp3) is 0.641. The predicted molar refractivity (Wildman–Crippen MR) is 378 cm³/mol. The molecule has 0 N–H and O–H groups in total. The van der Waals surface area contributed by atoms with Gasteiger partial charge < -0.3 is 27.9 Å². The third kappa shape index (κ3) is 70.7. The van der Waals surface area contributed by atoms with Crippen LogP contribution in [0.3, 0.4) is 0 Å². The summed E-state index contributed by atoms with van der Waals surface area (Å²) in [7, 11) is 1.15. The molecule has 500 valence electrons. The van der Waals surface area contributed by atoms with Crippen molar-refractivity contribution in [3.8, 4) is 0 Å². The van der Waals surface area contributed by atoms with Crippen LogP contribution in [0.25, 0.3) is 0 Å². The third-order valence-electron chi connectivity index (χ3n) is 14.5. The zero-order valence-electron chi connectivity index (χ0n) is 56.9. The summed E-state index contributed by atoms with van der Waals surface area (Å²) in [5.41, 5.74) is 0. The summed E-state index contributed by atoms with van der Waals surface area (Å²) in [6.45, 7) is 4.01. The standard InChI is InChI=1S/C78H130NO8P/c1-6-8-10-12-14-16-18-20-22-24-26-28-30-32-34-36-37-38-39-40-41-43-45-47-49-51-53-55-57-59-61-63-65-67-69-71-78(81)87-76(75-86-88(82,83)85-73-72-79(3,4)5)74-84-77(80)70-68-66-64-62-60-58-56-54-52-50-48-46-44-42-35-33-31-29-27-25-23-21-19-17-15-13-11-9-7-2/h8-11,14-17,20-23,26-29,32-35,37-38,40-41,44,46,76H,6-7,12-13,18-19,24-25,30-31,36,39,42-43,45,47-75H2,1-5H3/b10-8-,11-9-,16-14-,17-15-,22-20-,23-21-,28-26-,29-27-,34-32-,35-33-,38-37-,41-40-,46-44-. The Balaban J connectivity index is 4.10. The average Bonchev–Trinajstić information content (AvgIpc) is 3.57. The van der Waals surface area contributed by atoms with Gasteiger partial charge in [-0.15, -0.1) is 0 Å². The molecule has 9 nitrogen and oxygen atoms in total. The van der Waals surface area contributed by atoms with Gasteiger partial charge in [-0.25, -0.2) is 0 Å². The molecule has 0 aliphatic carbocycles. The van der Waals surface area contributed by atoms with Gasteiger partial charge in [0.1, 0.15) is 19.8 Å². The van der Waals surface area contributed by atoms with E-state index in [9.17, 15) is 19.0 Å². The van der Waals surface area contributed by atoms with Crippen LogP contribution in [-0.4, -0.2) is 70.0 Å². The zero-order valence-corrected chi connectivity index (χ0v) is 57.8. The zero-order chi connectivity index (χ0) is 64.1. The molecule has 0 aliphatic heterocycles. The first-order valence-corrected chi connectivity index (χ1v) is 36.7. The lowest BCUT2D eigenvalue weighted by atomic mass is 10.0. The van der Waals surface area contributed by atoms with Crippen LogP contribution in [0.2, 0.25) is 0 Å². The Labute approximate surface area is 541 Å². The maximum atomic E-state index is 12.9. The van der Waals surface area contributed by atoms with Crippen LogP contribution in [0.1, 0.15) is 271 Å². The van der Waals surface area contributed by atoms with Gasteiger partial charge in [0.2, 0.25) is 0 Å². The molecule has 0 fully saturated rings. The molecular weight excluding hydrogens is 1110 g/mol. The third-order valence-corrected chi connectivity index (χ3v) is 15.5. The van der Waals surface area contributed by atoms with E-state index in [0.29, 0.717) is 17.4 Å². The van der Waals surface area contributed by atoms with Crippen LogP contribution >= 0.6 is 7.82 Å². The van der Waals surface area contributed by atoms with Gasteiger partial charge in [-0.2, -0.15) is 0 Å². The van der Waals surface area contributed by atoms with Crippen molar-refractivity contribution in [2.45, 2.75) is 277 Å². The van der Waals surface area contributed by atoms with E-state index >= 15 is 0 Å². The number of esters is 2. The lowest BCUT2D eigenvalue weighted by Gasteiger charge is -2.28. The molecule has 2 unspecified atom stereocenters. The second-order valence-electron chi connectivity index (χ2n) is 24.1. The van der Waals surface area contributed by atoms with Crippen LogP contribution in [0, 0.1) is 0 Å². The molecule has 10 heteroatoms. The number of hydrogen-bond donors (Lipinski definition) is 0. The number of unbranched alkanes of at least 4 members (excludes halogenated alkanes) is 23. The number of hydrogen-bond acceptors (Lipinski definition) is 8. The highest BCUT2D eigenvalue weighted by Gasteiger charge is 2.22. The van der Waals surface area contributed by atoms with Crippen molar-refractivity contribution in [1.82, 2.24) is 0 Å². The van der Waals surface area contributed by atoms with Crippen LogP contribution in [-0.2, 0) is 32.7 Å². The minimum absolute atomic E-state index is 0.0389. The molecule has 0 bridgehead atoms. The summed E-state index contributed by atoms with van der Waals surface area (Å²) >= 11 is 0. The summed E-state index contributed by atoms with van der Waals surface area (Å²) in [6, 6.07) is 0. The normalized spacial score (nSPS) is 14.1. The van der Waals surface area contributed by atoms with E-state index in [1.54, 1.807) is 0 Å².